The molecule has 0 radical (unpaired) electrons. The van der Waals surface area contributed by atoms with Crippen molar-refractivity contribution in [2.75, 3.05) is 18.5 Å². The van der Waals surface area contributed by atoms with E-state index in [0.29, 0.717) is 34.2 Å². The topological polar surface area (TPSA) is 102 Å². The summed E-state index contributed by atoms with van der Waals surface area (Å²) in [5.74, 6) is -0.0983. The van der Waals surface area contributed by atoms with E-state index in [4.69, 9.17) is 9.47 Å². The molecule has 1 aliphatic rings. The third-order valence-corrected chi connectivity index (χ3v) is 5.59. The number of carbonyl (C=O) groups excluding carboxylic acids is 1. The lowest BCUT2D eigenvalue weighted by Gasteiger charge is -2.35. The van der Waals surface area contributed by atoms with Gasteiger partial charge in [-0.2, -0.15) is 0 Å². The molecule has 0 unspecified atom stereocenters. The summed E-state index contributed by atoms with van der Waals surface area (Å²) in [6.07, 6.45) is 2.27. The molecule has 4 aromatic rings. The highest BCUT2D eigenvalue weighted by Gasteiger charge is 2.41. The van der Waals surface area contributed by atoms with Gasteiger partial charge in [0.2, 0.25) is 12.2 Å². The minimum atomic E-state index is -0.867. The zero-order chi connectivity index (χ0) is 23.5. The number of H-pyrrole nitrogens is 1. The van der Waals surface area contributed by atoms with Crippen LogP contribution in [0.2, 0.25) is 0 Å². The number of aromatic nitrogens is 4. The number of nitrogens with one attached hydrogen (secondary N) is 2. The van der Waals surface area contributed by atoms with E-state index in [1.807, 2.05) is 30.3 Å². The molecule has 9 heteroatoms. The first kappa shape index (κ1) is 21.9. The van der Waals surface area contributed by atoms with Crippen LogP contribution in [-0.4, -0.2) is 39.1 Å². The van der Waals surface area contributed by atoms with Gasteiger partial charge in [-0.1, -0.05) is 18.2 Å². The molecule has 0 spiro atoms. The Labute approximate surface area is 195 Å². The van der Waals surface area contributed by atoms with Gasteiger partial charge in [-0.3, -0.25) is 4.79 Å². The Bertz CT molecular complexity index is 1270. The number of rotatable bonds is 5. The molecular weight excluding hydrogens is 437 g/mol. The van der Waals surface area contributed by atoms with Crippen molar-refractivity contribution in [2.45, 2.75) is 13.2 Å². The van der Waals surface area contributed by atoms with Crippen LogP contribution in [0, 0.1) is 11.2 Å². The molecule has 34 heavy (non-hydrogen) atoms. The van der Waals surface area contributed by atoms with Gasteiger partial charge >= 0.3 is 0 Å². The van der Waals surface area contributed by atoms with Gasteiger partial charge in [-0.25, -0.2) is 19.3 Å². The van der Waals surface area contributed by atoms with E-state index in [1.54, 1.807) is 31.3 Å². The van der Waals surface area contributed by atoms with Crippen molar-refractivity contribution in [3.05, 3.63) is 84.8 Å². The Morgan fingerprint density at radius 2 is 1.82 bits per heavy atom. The Morgan fingerprint density at radius 1 is 1.09 bits per heavy atom. The molecule has 1 fully saturated rings. The van der Waals surface area contributed by atoms with Crippen molar-refractivity contribution in [1.29, 1.82) is 0 Å². The Morgan fingerprint density at radius 3 is 2.50 bits per heavy atom. The predicted molar refractivity (Wildman–Crippen MR) is 123 cm³/mol. The predicted octanol–water partition coefficient (Wildman–Crippen LogP) is 4.36. The standard InChI is InChI=1S/C25H22FN5O3/c1-25(24(32)29-18-5-3-2-4-6-18)13-33-23(34-14-25)22-30-20(16-7-9-17(26)10-8-16)21(31-22)19-11-12-27-15-28-19/h2-12,15,23H,13-14H2,1H3,(H,29,32)(H,30,31). The highest BCUT2D eigenvalue weighted by molar-refractivity contribution is 5.95. The molecule has 0 bridgehead atoms. The summed E-state index contributed by atoms with van der Waals surface area (Å²) < 4.78 is 25.3. The van der Waals surface area contributed by atoms with Crippen molar-refractivity contribution in [3.8, 4) is 22.6 Å². The molecule has 5 rings (SSSR count). The first-order valence-corrected chi connectivity index (χ1v) is 10.7. The maximum absolute atomic E-state index is 13.5. The summed E-state index contributed by atoms with van der Waals surface area (Å²) in [5.41, 5.74) is 2.38. The summed E-state index contributed by atoms with van der Waals surface area (Å²) in [4.78, 5) is 29.0. The van der Waals surface area contributed by atoms with E-state index >= 15 is 0 Å². The van der Waals surface area contributed by atoms with Crippen LogP contribution >= 0.6 is 0 Å². The minimum Gasteiger partial charge on any atom is -0.345 e. The van der Waals surface area contributed by atoms with Crippen molar-refractivity contribution in [3.63, 3.8) is 0 Å². The average molecular weight is 459 g/mol. The lowest BCUT2D eigenvalue weighted by atomic mass is 9.91. The third-order valence-electron chi connectivity index (χ3n) is 5.59. The van der Waals surface area contributed by atoms with Crippen LogP contribution < -0.4 is 5.32 Å². The van der Waals surface area contributed by atoms with E-state index in [2.05, 4.69) is 25.3 Å². The molecule has 2 aromatic carbocycles. The normalized spacial score (nSPS) is 20.1. The van der Waals surface area contributed by atoms with Gasteiger partial charge in [-0.05, 0) is 49.4 Å². The molecule has 2 N–H and O–H groups in total. The summed E-state index contributed by atoms with van der Waals surface area (Å²) in [6, 6.07) is 17.0. The van der Waals surface area contributed by atoms with Gasteiger partial charge in [0.1, 0.15) is 12.1 Å². The van der Waals surface area contributed by atoms with Gasteiger partial charge in [0.25, 0.3) is 0 Å². The second-order valence-electron chi connectivity index (χ2n) is 8.28. The molecule has 1 aliphatic heterocycles. The lowest BCUT2D eigenvalue weighted by Crippen LogP contribution is -2.45. The number of aromatic amines is 1. The maximum Gasteiger partial charge on any atom is 0.234 e. The van der Waals surface area contributed by atoms with Crippen LogP contribution in [0.4, 0.5) is 10.1 Å². The molecule has 1 amide bonds. The fourth-order valence-electron chi connectivity index (χ4n) is 3.65. The summed E-state index contributed by atoms with van der Waals surface area (Å²) >= 11 is 0. The van der Waals surface area contributed by atoms with Crippen LogP contribution in [0.15, 0.2) is 73.2 Å². The molecular formula is C25H22FN5O3. The number of para-hydroxylation sites is 1. The number of carbonyl (C=O) groups is 1. The molecule has 8 nitrogen and oxygen atoms in total. The lowest BCUT2D eigenvalue weighted by molar-refractivity contribution is -0.229. The number of imidazole rings is 1. The maximum atomic E-state index is 13.5. The SMILES string of the molecule is CC1(C(=O)Nc2ccccc2)COC(c2nc(-c3ccc(F)cc3)c(-c3ccncn3)[nH]2)OC1. The summed E-state index contributed by atoms with van der Waals surface area (Å²) in [7, 11) is 0. The number of benzene rings is 2. The average Bonchev–Trinajstić information content (AvgIpc) is 3.31. The van der Waals surface area contributed by atoms with E-state index in [9.17, 15) is 9.18 Å². The summed E-state index contributed by atoms with van der Waals surface area (Å²) in [6.45, 7) is 2.08. The number of hydrogen-bond acceptors (Lipinski definition) is 6. The molecule has 172 valence electrons. The van der Waals surface area contributed by atoms with Gasteiger partial charge in [0.05, 0.1) is 35.7 Å². The zero-order valence-electron chi connectivity index (χ0n) is 18.4. The summed E-state index contributed by atoms with van der Waals surface area (Å²) in [5, 5.41) is 2.90. The second-order valence-corrected chi connectivity index (χ2v) is 8.28. The fraction of sp³-hybridized carbons (Fsp3) is 0.200. The van der Waals surface area contributed by atoms with Crippen molar-refractivity contribution in [1.82, 2.24) is 19.9 Å². The van der Waals surface area contributed by atoms with E-state index in [-0.39, 0.29) is 24.9 Å². The molecule has 0 saturated carbocycles. The van der Waals surface area contributed by atoms with E-state index in [1.165, 1.54) is 18.5 Å². The Hall–Kier alpha value is -3.95. The minimum absolute atomic E-state index is 0.145. The molecule has 2 aromatic heterocycles. The zero-order valence-corrected chi connectivity index (χ0v) is 18.4. The smallest absolute Gasteiger partial charge is 0.234 e. The van der Waals surface area contributed by atoms with Gasteiger partial charge in [0, 0.05) is 17.4 Å². The van der Waals surface area contributed by atoms with Crippen LogP contribution in [-0.2, 0) is 14.3 Å². The molecule has 1 saturated heterocycles. The highest BCUT2D eigenvalue weighted by Crippen LogP contribution is 2.35. The second kappa shape index (κ2) is 9.12. The fourth-order valence-corrected chi connectivity index (χ4v) is 3.65. The number of anilines is 1. The number of halogens is 1. The number of ether oxygens (including phenoxy) is 2. The van der Waals surface area contributed by atoms with Crippen molar-refractivity contribution < 1.29 is 18.7 Å². The Balaban J connectivity index is 1.37. The first-order chi connectivity index (χ1) is 16.5. The monoisotopic (exact) mass is 459 g/mol. The number of amides is 1. The quantitative estimate of drug-likeness (QED) is 0.460. The highest BCUT2D eigenvalue weighted by atomic mass is 19.1. The van der Waals surface area contributed by atoms with Crippen LogP contribution in [0.1, 0.15) is 19.0 Å². The first-order valence-electron chi connectivity index (χ1n) is 10.7. The van der Waals surface area contributed by atoms with E-state index < -0.39 is 11.7 Å². The van der Waals surface area contributed by atoms with Gasteiger partial charge < -0.3 is 19.8 Å². The van der Waals surface area contributed by atoms with E-state index in [0.717, 1.165) is 0 Å². The number of hydrogen-bond donors (Lipinski definition) is 2. The van der Waals surface area contributed by atoms with Gasteiger partial charge in [0.15, 0.2) is 5.82 Å². The van der Waals surface area contributed by atoms with Crippen molar-refractivity contribution in [2.24, 2.45) is 5.41 Å². The molecule has 0 aliphatic carbocycles. The van der Waals surface area contributed by atoms with Crippen molar-refractivity contribution >= 4 is 11.6 Å². The Kier molecular flexibility index (Phi) is 5.87. The third kappa shape index (κ3) is 4.43. The van der Waals surface area contributed by atoms with Crippen LogP contribution in [0.3, 0.4) is 0 Å². The van der Waals surface area contributed by atoms with Gasteiger partial charge in [-0.15, -0.1) is 0 Å². The molecule has 0 atom stereocenters. The van der Waals surface area contributed by atoms with Crippen LogP contribution in [0.5, 0.6) is 0 Å². The largest absolute Gasteiger partial charge is 0.345 e. The number of nitrogens with zero attached hydrogens (tertiary/aromatic N) is 3. The van der Waals surface area contributed by atoms with Crippen LogP contribution in [0.25, 0.3) is 22.6 Å². The molecule has 3 heterocycles.